The maximum atomic E-state index is 12.2. The van der Waals surface area contributed by atoms with Gasteiger partial charge in [0.1, 0.15) is 0 Å². The summed E-state index contributed by atoms with van der Waals surface area (Å²) in [5.74, 6) is 0.466. The summed E-state index contributed by atoms with van der Waals surface area (Å²) in [6.45, 7) is 11.4. The molecule has 1 heterocycles. The molecule has 1 fully saturated rings. The molecule has 1 aromatic carbocycles. The molecule has 2 atom stereocenters. The van der Waals surface area contributed by atoms with E-state index < -0.39 is 0 Å². The van der Waals surface area contributed by atoms with E-state index in [9.17, 15) is 4.79 Å². The molecule has 146 valence electrons. The first-order valence-corrected chi connectivity index (χ1v) is 9.97. The molecule has 2 N–H and O–H groups in total. The number of amides is 1. The Labute approximate surface area is 162 Å². The van der Waals surface area contributed by atoms with E-state index in [2.05, 4.69) is 22.5 Å². The van der Waals surface area contributed by atoms with Crippen molar-refractivity contribution in [3.05, 3.63) is 28.8 Å². The third-order valence-corrected chi connectivity index (χ3v) is 5.19. The van der Waals surface area contributed by atoms with Crippen LogP contribution < -0.4 is 10.6 Å². The molecule has 0 aromatic heterocycles. The Morgan fingerprint density at radius 1 is 1.42 bits per heavy atom. The van der Waals surface area contributed by atoms with Gasteiger partial charge in [-0.05, 0) is 56.8 Å². The zero-order chi connectivity index (χ0) is 18.9. The second kappa shape index (κ2) is 10.9. The molecule has 5 nitrogen and oxygen atoms in total. The van der Waals surface area contributed by atoms with Gasteiger partial charge in [0, 0.05) is 32.3 Å². The lowest BCUT2D eigenvalue weighted by Gasteiger charge is -2.37. The van der Waals surface area contributed by atoms with Crippen molar-refractivity contribution >= 4 is 23.2 Å². The minimum atomic E-state index is -0.0536. The quantitative estimate of drug-likeness (QED) is 0.644. The van der Waals surface area contributed by atoms with Crippen LogP contribution in [0.25, 0.3) is 0 Å². The van der Waals surface area contributed by atoms with Crippen LogP contribution in [0.15, 0.2) is 18.2 Å². The molecule has 1 saturated heterocycles. The number of aryl methyl sites for hydroxylation is 1. The summed E-state index contributed by atoms with van der Waals surface area (Å²) in [7, 11) is 0. The molecule has 1 aromatic rings. The van der Waals surface area contributed by atoms with Crippen LogP contribution in [0.2, 0.25) is 5.02 Å². The van der Waals surface area contributed by atoms with E-state index in [1.807, 2.05) is 32.0 Å². The molecule has 26 heavy (non-hydrogen) atoms. The van der Waals surface area contributed by atoms with Crippen molar-refractivity contribution in [2.24, 2.45) is 5.92 Å². The van der Waals surface area contributed by atoms with Crippen molar-refractivity contribution in [2.75, 3.05) is 44.7 Å². The zero-order valence-corrected chi connectivity index (χ0v) is 16.9. The maximum absolute atomic E-state index is 12.2. The van der Waals surface area contributed by atoms with Gasteiger partial charge in [-0.2, -0.15) is 0 Å². The van der Waals surface area contributed by atoms with E-state index >= 15 is 0 Å². The van der Waals surface area contributed by atoms with Crippen LogP contribution in [0.1, 0.15) is 32.3 Å². The molecule has 0 bridgehead atoms. The number of halogens is 1. The van der Waals surface area contributed by atoms with Crippen molar-refractivity contribution in [3.63, 3.8) is 0 Å². The predicted octanol–water partition coefficient (Wildman–Crippen LogP) is 3.31. The number of carbonyl (C=O) groups excluding carboxylic acids is 1. The smallest absolute Gasteiger partial charge is 0.238 e. The monoisotopic (exact) mass is 381 g/mol. The van der Waals surface area contributed by atoms with Gasteiger partial charge >= 0.3 is 0 Å². The third kappa shape index (κ3) is 6.88. The fourth-order valence-corrected chi connectivity index (χ4v) is 3.69. The lowest BCUT2D eigenvalue weighted by molar-refractivity contribution is -0.115. The second-order valence-corrected chi connectivity index (χ2v) is 7.54. The molecular weight excluding hydrogens is 350 g/mol. The van der Waals surface area contributed by atoms with Gasteiger partial charge in [0.25, 0.3) is 0 Å². The third-order valence-electron chi connectivity index (χ3n) is 4.88. The van der Waals surface area contributed by atoms with Crippen molar-refractivity contribution in [3.8, 4) is 0 Å². The van der Waals surface area contributed by atoms with Crippen LogP contribution >= 0.6 is 11.6 Å². The number of nitrogens with zero attached hydrogens (tertiary/aromatic N) is 1. The number of hydrogen-bond donors (Lipinski definition) is 2. The Balaban J connectivity index is 1.70. The van der Waals surface area contributed by atoms with E-state index in [0.29, 0.717) is 29.2 Å². The largest absolute Gasteiger partial charge is 0.382 e. The summed E-state index contributed by atoms with van der Waals surface area (Å²) in [5.41, 5.74) is 1.74. The second-order valence-electron chi connectivity index (χ2n) is 7.14. The highest BCUT2D eigenvalue weighted by atomic mass is 35.5. The minimum absolute atomic E-state index is 0.0536. The maximum Gasteiger partial charge on any atom is 0.238 e. The highest BCUT2D eigenvalue weighted by Crippen LogP contribution is 2.22. The van der Waals surface area contributed by atoms with Gasteiger partial charge in [-0.15, -0.1) is 0 Å². The first-order valence-electron chi connectivity index (χ1n) is 9.59. The summed E-state index contributed by atoms with van der Waals surface area (Å²) in [6.07, 6.45) is 2.15. The first-order chi connectivity index (χ1) is 12.5. The van der Waals surface area contributed by atoms with E-state index in [-0.39, 0.29) is 5.91 Å². The highest BCUT2D eigenvalue weighted by molar-refractivity contribution is 6.33. The topological polar surface area (TPSA) is 53.6 Å². The standard InChI is InChI=1S/C20H32ClN3O2/c1-4-26-11-5-9-24-10-8-18(16(3)14-24)22-13-20(25)23-19-7-6-15(2)12-17(19)21/h6-7,12,16,18,22H,4-5,8-11,13-14H2,1-3H3,(H,23,25)/t16-,18+/m1/s1. The number of hydrogen-bond acceptors (Lipinski definition) is 4. The van der Waals surface area contributed by atoms with E-state index in [1.54, 1.807) is 0 Å². The van der Waals surface area contributed by atoms with Crippen LogP contribution in [0.3, 0.4) is 0 Å². The molecule has 6 heteroatoms. The summed E-state index contributed by atoms with van der Waals surface area (Å²) in [5, 5.41) is 6.87. The number of rotatable bonds is 9. The molecule has 0 aliphatic carbocycles. The van der Waals surface area contributed by atoms with E-state index in [0.717, 1.165) is 51.3 Å². The van der Waals surface area contributed by atoms with Gasteiger partial charge in [-0.25, -0.2) is 0 Å². The number of anilines is 1. The Kier molecular flexibility index (Phi) is 8.85. The Bertz CT molecular complexity index is 582. The van der Waals surface area contributed by atoms with Gasteiger partial charge in [0.15, 0.2) is 0 Å². The molecule has 1 aliphatic rings. The summed E-state index contributed by atoms with van der Waals surface area (Å²) in [6, 6.07) is 6.02. The molecule has 0 saturated carbocycles. The fourth-order valence-electron chi connectivity index (χ4n) is 3.41. The van der Waals surface area contributed by atoms with E-state index in [4.69, 9.17) is 16.3 Å². The average molecular weight is 382 g/mol. The summed E-state index contributed by atoms with van der Waals surface area (Å²) in [4.78, 5) is 14.7. The molecule has 1 amide bonds. The number of benzene rings is 1. The highest BCUT2D eigenvalue weighted by Gasteiger charge is 2.25. The number of carbonyl (C=O) groups is 1. The van der Waals surface area contributed by atoms with Gasteiger partial charge in [0.2, 0.25) is 5.91 Å². The van der Waals surface area contributed by atoms with Gasteiger partial charge in [-0.3, -0.25) is 4.79 Å². The van der Waals surface area contributed by atoms with Crippen LogP contribution in [0.5, 0.6) is 0 Å². The molecule has 2 rings (SSSR count). The van der Waals surface area contributed by atoms with Crippen molar-refractivity contribution < 1.29 is 9.53 Å². The fraction of sp³-hybridized carbons (Fsp3) is 0.650. The van der Waals surface area contributed by atoms with Crippen LogP contribution in [-0.2, 0) is 9.53 Å². The van der Waals surface area contributed by atoms with Crippen LogP contribution in [0.4, 0.5) is 5.69 Å². The molecular formula is C20H32ClN3O2. The van der Waals surface area contributed by atoms with Gasteiger partial charge in [-0.1, -0.05) is 24.6 Å². The molecule has 0 radical (unpaired) electrons. The van der Waals surface area contributed by atoms with Crippen molar-refractivity contribution in [1.29, 1.82) is 0 Å². The zero-order valence-electron chi connectivity index (χ0n) is 16.2. The van der Waals surface area contributed by atoms with E-state index in [1.165, 1.54) is 0 Å². The predicted molar refractivity (Wildman–Crippen MR) is 108 cm³/mol. The normalized spacial score (nSPS) is 20.9. The lowest BCUT2D eigenvalue weighted by atomic mass is 9.93. The lowest BCUT2D eigenvalue weighted by Crippen LogP contribution is -2.50. The molecule has 0 unspecified atom stereocenters. The van der Waals surface area contributed by atoms with Crippen LogP contribution in [-0.4, -0.2) is 56.2 Å². The van der Waals surface area contributed by atoms with Gasteiger partial charge in [0.05, 0.1) is 17.3 Å². The summed E-state index contributed by atoms with van der Waals surface area (Å²) < 4.78 is 5.41. The summed E-state index contributed by atoms with van der Waals surface area (Å²) >= 11 is 6.17. The number of piperidine rings is 1. The average Bonchev–Trinajstić information content (AvgIpc) is 2.60. The number of ether oxygens (including phenoxy) is 1. The Morgan fingerprint density at radius 3 is 2.92 bits per heavy atom. The number of nitrogens with one attached hydrogen (secondary N) is 2. The molecule has 0 spiro atoms. The minimum Gasteiger partial charge on any atom is -0.382 e. The molecule has 1 aliphatic heterocycles. The first kappa shape index (κ1) is 21.2. The Morgan fingerprint density at radius 2 is 2.23 bits per heavy atom. The SMILES string of the molecule is CCOCCCN1CC[C@H](NCC(=O)Nc2ccc(C)cc2Cl)[C@H](C)C1. The van der Waals surface area contributed by atoms with Crippen molar-refractivity contribution in [2.45, 2.75) is 39.7 Å². The van der Waals surface area contributed by atoms with Crippen LogP contribution in [0, 0.1) is 12.8 Å². The Hall–Kier alpha value is -1.14. The van der Waals surface area contributed by atoms with Gasteiger partial charge < -0.3 is 20.3 Å². The number of likely N-dealkylation sites (tertiary alicyclic amines) is 1. The van der Waals surface area contributed by atoms with Crippen molar-refractivity contribution in [1.82, 2.24) is 10.2 Å².